The van der Waals surface area contributed by atoms with Crippen LogP contribution in [-0.4, -0.2) is 66.6 Å². The van der Waals surface area contributed by atoms with Gasteiger partial charge >= 0.3 is 0 Å². The maximum absolute atomic E-state index is 14.7. The number of likely N-dealkylation sites (N-methyl/N-ethyl adjacent to an activating group) is 1. The second-order valence-corrected chi connectivity index (χ2v) is 10.8. The molecule has 4 N–H and O–H groups in total. The smallest absolute Gasteiger partial charge is 0.222 e. The lowest BCUT2D eigenvalue weighted by atomic mass is 9.77. The van der Waals surface area contributed by atoms with Crippen molar-refractivity contribution in [3.8, 4) is 0 Å². The van der Waals surface area contributed by atoms with Gasteiger partial charge in [-0.25, -0.2) is 14.4 Å². The zero-order valence-corrected chi connectivity index (χ0v) is 20.2. The molecule has 4 aliphatic rings. The fraction of sp³-hybridized carbons (Fsp3) is 0.577. The van der Waals surface area contributed by atoms with Crippen molar-refractivity contribution in [2.45, 2.75) is 31.8 Å². The summed E-state index contributed by atoms with van der Waals surface area (Å²) in [5.74, 6) is 0.563. The van der Waals surface area contributed by atoms with Gasteiger partial charge in [-0.1, -0.05) is 12.1 Å². The van der Waals surface area contributed by atoms with E-state index >= 15 is 0 Å². The molecule has 2 saturated carbocycles. The third-order valence-corrected chi connectivity index (χ3v) is 8.64. The molecule has 3 heterocycles. The van der Waals surface area contributed by atoms with Crippen LogP contribution in [0.25, 0.3) is 0 Å². The molecule has 8 nitrogen and oxygen atoms in total. The van der Waals surface area contributed by atoms with Gasteiger partial charge in [0.2, 0.25) is 5.91 Å². The number of amides is 1. The van der Waals surface area contributed by atoms with Gasteiger partial charge < -0.3 is 26.2 Å². The molecule has 2 aromatic rings. The number of nitrogens with zero attached hydrogens (tertiary/aromatic N) is 4. The molecule has 5 atom stereocenters. The lowest BCUT2D eigenvalue weighted by Crippen LogP contribution is -2.47. The summed E-state index contributed by atoms with van der Waals surface area (Å²) < 4.78 is 14.7. The molecule has 5 unspecified atom stereocenters. The summed E-state index contributed by atoms with van der Waals surface area (Å²) in [5.41, 5.74) is 9.47. The van der Waals surface area contributed by atoms with E-state index in [1.807, 2.05) is 0 Å². The van der Waals surface area contributed by atoms with Crippen LogP contribution in [0.1, 0.15) is 29.8 Å². The maximum Gasteiger partial charge on any atom is 0.222 e. The Morgan fingerprint density at radius 3 is 2.80 bits per heavy atom. The van der Waals surface area contributed by atoms with Gasteiger partial charge in [-0.15, -0.1) is 0 Å². The molecule has 6 rings (SSSR count). The number of rotatable bonds is 2. The largest absolute Gasteiger partial charge is 0.369 e. The number of halogens is 1. The molecule has 1 aromatic carbocycles. The van der Waals surface area contributed by atoms with E-state index in [4.69, 9.17) is 5.73 Å². The average molecular weight is 480 g/mol. The van der Waals surface area contributed by atoms with Crippen LogP contribution in [0.2, 0.25) is 0 Å². The van der Waals surface area contributed by atoms with Crippen LogP contribution in [0.15, 0.2) is 24.4 Å². The van der Waals surface area contributed by atoms with E-state index in [0.717, 1.165) is 57.7 Å². The Kier molecular flexibility index (Phi) is 5.84. The number of carbonyl (C=O) groups excluding carboxylic acids is 1. The number of hydrogen-bond donors (Lipinski definition) is 3. The quantitative estimate of drug-likeness (QED) is 0.602. The minimum Gasteiger partial charge on any atom is -0.369 e. The second-order valence-electron chi connectivity index (χ2n) is 10.8. The Morgan fingerprint density at radius 1 is 1.17 bits per heavy atom. The van der Waals surface area contributed by atoms with E-state index in [2.05, 4.69) is 55.6 Å². The number of hydrogen-bond acceptors (Lipinski definition) is 7. The molecule has 186 valence electrons. The Hall–Kier alpha value is -2.78. The first-order chi connectivity index (χ1) is 17.0. The number of fused-ring (bicyclic) bond motifs is 5. The van der Waals surface area contributed by atoms with Crippen LogP contribution in [0.5, 0.6) is 0 Å². The van der Waals surface area contributed by atoms with Gasteiger partial charge in [0.25, 0.3) is 0 Å². The highest BCUT2D eigenvalue weighted by atomic mass is 19.1. The van der Waals surface area contributed by atoms with Gasteiger partial charge in [-0.05, 0) is 61.4 Å². The van der Waals surface area contributed by atoms with Gasteiger partial charge in [0, 0.05) is 50.9 Å². The van der Waals surface area contributed by atoms with Gasteiger partial charge in [-0.2, -0.15) is 0 Å². The van der Waals surface area contributed by atoms with E-state index in [1.165, 1.54) is 17.4 Å². The second kappa shape index (κ2) is 9.02. The Morgan fingerprint density at radius 2 is 2.00 bits per heavy atom. The predicted molar refractivity (Wildman–Crippen MR) is 132 cm³/mol. The van der Waals surface area contributed by atoms with Gasteiger partial charge in [-0.3, -0.25) is 4.79 Å². The SMILES string of the molecule is CN1CCN(c2ccc3cc2CNCC2CC4CC2C(Nc2nc(ncc2F)C3)C4C(N)=O)CC1. The van der Waals surface area contributed by atoms with Crippen LogP contribution in [0.4, 0.5) is 15.9 Å². The molecule has 1 amide bonds. The van der Waals surface area contributed by atoms with Gasteiger partial charge in [0.15, 0.2) is 11.6 Å². The van der Waals surface area contributed by atoms with Gasteiger partial charge in [0.1, 0.15) is 5.82 Å². The molecule has 1 aromatic heterocycles. The number of piperazine rings is 1. The highest BCUT2D eigenvalue weighted by Crippen LogP contribution is 2.52. The van der Waals surface area contributed by atoms with Crippen LogP contribution in [0.3, 0.4) is 0 Å². The molecule has 2 aliphatic heterocycles. The number of anilines is 2. The molecule has 0 spiro atoms. The minimum atomic E-state index is -0.493. The molecule has 6 bridgehead atoms. The van der Waals surface area contributed by atoms with Crippen molar-refractivity contribution in [2.75, 3.05) is 50.0 Å². The molecular weight excluding hydrogens is 445 g/mol. The van der Waals surface area contributed by atoms with Crippen molar-refractivity contribution in [3.63, 3.8) is 0 Å². The highest BCUT2D eigenvalue weighted by molar-refractivity contribution is 5.79. The summed E-state index contributed by atoms with van der Waals surface area (Å²) in [6, 6.07) is 6.41. The average Bonchev–Trinajstić information content (AvgIpc) is 3.40. The summed E-state index contributed by atoms with van der Waals surface area (Å²) >= 11 is 0. The fourth-order valence-corrected chi connectivity index (χ4v) is 6.90. The first-order valence-electron chi connectivity index (χ1n) is 12.8. The van der Waals surface area contributed by atoms with E-state index in [9.17, 15) is 9.18 Å². The molecular formula is C26H34FN7O. The third-order valence-electron chi connectivity index (χ3n) is 8.64. The topological polar surface area (TPSA) is 99.4 Å². The standard InChI is InChI=1S/C26H34FN7O/c1-33-4-6-34(7-5-33)21-3-2-15-8-18(21)13-29-12-17-10-16-11-19(17)24(23(16)25(28)35)32-26-20(27)14-30-22(9-15)31-26/h2-3,8,14,16-17,19,23-24,29H,4-7,9-13H2,1H3,(H2,28,35)(H,30,31,32). The van der Waals surface area contributed by atoms with Crippen molar-refractivity contribution >= 4 is 17.4 Å². The summed E-state index contributed by atoms with van der Waals surface area (Å²) in [7, 11) is 2.17. The molecule has 3 fully saturated rings. The monoisotopic (exact) mass is 479 g/mol. The van der Waals surface area contributed by atoms with Gasteiger partial charge in [0.05, 0.1) is 12.1 Å². The van der Waals surface area contributed by atoms with Crippen molar-refractivity contribution < 1.29 is 9.18 Å². The zero-order valence-electron chi connectivity index (χ0n) is 20.2. The first kappa shape index (κ1) is 22.7. The highest BCUT2D eigenvalue weighted by Gasteiger charge is 2.54. The van der Waals surface area contributed by atoms with E-state index < -0.39 is 5.82 Å². The third kappa shape index (κ3) is 4.25. The van der Waals surface area contributed by atoms with E-state index in [0.29, 0.717) is 18.2 Å². The lowest BCUT2D eigenvalue weighted by Gasteiger charge is -2.36. The molecule has 35 heavy (non-hydrogen) atoms. The summed E-state index contributed by atoms with van der Waals surface area (Å²) in [6.45, 7) is 5.80. The summed E-state index contributed by atoms with van der Waals surface area (Å²) in [5, 5.41) is 7.02. The number of carbonyl (C=O) groups is 1. The van der Waals surface area contributed by atoms with Crippen LogP contribution < -0.4 is 21.3 Å². The Balaban J connectivity index is 1.35. The minimum absolute atomic E-state index is 0.178. The molecule has 1 saturated heterocycles. The fourth-order valence-electron chi connectivity index (χ4n) is 6.90. The van der Waals surface area contributed by atoms with Crippen molar-refractivity contribution in [1.82, 2.24) is 20.2 Å². The number of nitrogens with two attached hydrogens (primary N) is 1. The molecule has 9 heteroatoms. The molecule has 2 aliphatic carbocycles. The Bertz CT molecular complexity index is 1120. The first-order valence-corrected chi connectivity index (χ1v) is 12.8. The van der Waals surface area contributed by atoms with Crippen molar-refractivity contribution in [1.29, 1.82) is 0 Å². The normalized spacial score (nSPS) is 30.6. The predicted octanol–water partition coefficient (Wildman–Crippen LogP) is 1.60. The summed E-state index contributed by atoms with van der Waals surface area (Å²) in [4.78, 5) is 26.0. The number of aromatic nitrogens is 2. The van der Waals surface area contributed by atoms with E-state index in [1.54, 1.807) is 0 Å². The number of nitrogens with one attached hydrogen (secondary N) is 2. The van der Waals surface area contributed by atoms with Crippen LogP contribution >= 0.6 is 0 Å². The summed E-state index contributed by atoms with van der Waals surface area (Å²) in [6.07, 6.45) is 3.68. The van der Waals surface area contributed by atoms with E-state index in [-0.39, 0.29) is 35.5 Å². The lowest BCUT2D eigenvalue weighted by molar-refractivity contribution is -0.123. The molecule has 0 radical (unpaired) electrons. The number of primary amides is 1. The van der Waals surface area contributed by atoms with Crippen molar-refractivity contribution in [3.05, 3.63) is 47.2 Å². The van der Waals surface area contributed by atoms with Crippen LogP contribution in [0, 0.1) is 29.5 Å². The van der Waals surface area contributed by atoms with Crippen LogP contribution in [-0.2, 0) is 17.8 Å². The van der Waals surface area contributed by atoms with Crippen molar-refractivity contribution in [2.24, 2.45) is 29.4 Å². The Labute approximate surface area is 205 Å². The number of benzene rings is 1. The zero-order chi connectivity index (χ0) is 24.1. The maximum atomic E-state index is 14.7.